The molecule has 3 nitrogen and oxygen atoms in total. The van der Waals surface area contributed by atoms with Crippen molar-refractivity contribution in [2.45, 2.75) is 51.2 Å². The van der Waals surface area contributed by atoms with Gasteiger partial charge in [0.2, 0.25) is 0 Å². The van der Waals surface area contributed by atoms with Crippen molar-refractivity contribution in [2.24, 2.45) is 11.7 Å². The summed E-state index contributed by atoms with van der Waals surface area (Å²) in [4.78, 5) is 2.67. The minimum Gasteiger partial charge on any atom is -0.378 e. The number of ether oxygens (including phenoxy) is 1. The lowest BCUT2D eigenvalue weighted by atomic mass is 9.93. The lowest BCUT2D eigenvalue weighted by molar-refractivity contribution is -0.0360. The Kier molecular flexibility index (Phi) is 4.62. The van der Waals surface area contributed by atoms with Gasteiger partial charge in [-0.3, -0.25) is 4.90 Å². The number of rotatable bonds is 3. The van der Waals surface area contributed by atoms with Gasteiger partial charge in [-0.25, -0.2) is 0 Å². The Morgan fingerprint density at radius 2 is 2.25 bits per heavy atom. The van der Waals surface area contributed by atoms with E-state index in [0.29, 0.717) is 6.10 Å². The van der Waals surface area contributed by atoms with Crippen molar-refractivity contribution >= 4 is 0 Å². The normalized spacial score (nSPS) is 37.5. The van der Waals surface area contributed by atoms with Gasteiger partial charge in [0.15, 0.2) is 0 Å². The first-order valence-electron chi connectivity index (χ1n) is 6.89. The first-order valence-corrected chi connectivity index (χ1v) is 6.89. The average Bonchev–Trinajstić information content (AvgIpc) is 2.39. The van der Waals surface area contributed by atoms with E-state index in [1.54, 1.807) is 0 Å². The molecule has 0 amide bonds. The number of nitrogens with zero attached hydrogens (tertiary/aromatic N) is 1. The molecule has 2 aliphatic heterocycles. The van der Waals surface area contributed by atoms with Gasteiger partial charge in [-0.2, -0.15) is 0 Å². The molecule has 0 radical (unpaired) electrons. The van der Waals surface area contributed by atoms with Crippen LogP contribution in [0.15, 0.2) is 0 Å². The Hall–Kier alpha value is -0.120. The quantitative estimate of drug-likeness (QED) is 0.794. The molecule has 3 atom stereocenters. The van der Waals surface area contributed by atoms with Gasteiger partial charge in [-0.05, 0) is 51.1 Å². The van der Waals surface area contributed by atoms with Crippen molar-refractivity contribution in [2.75, 3.05) is 26.2 Å². The van der Waals surface area contributed by atoms with E-state index >= 15 is 0 Å². The molecular weight excluding hydrogens is 200 g/mol. The molecule has 94 valence electrons. The summed E-state index contributed by atoms with van der Waals surface area (Å²) in [5.41, 5.74) is 5.80. The van der Waals surface area contributed by atoms with Crippen molar-refractivity contribution in [1.82, 2.24) is 4.90 Å². The maximum atomic E-state index is 5.80. The third kappa shape index (κ3) is 2.96. The minimum atomic E-state index is 0.497. The van der Waals surface area contributed by atoms with Gasteiger partial charge in [-0.1, -0.05) is 6.92 Å². The summed E-state index contributed by atoms with van der Waals surface area (Å²) < 4.78 is 5.75. The van der Waals surface area contributed by atoms with Crippen LogP contribution in [0.4, 0.5) is 0 Å². The molecule has 2 heterocycles. The Bertz CT molecular complexity index is 188. The molecule has 2 saturated heterocycles. The standard InChI is InChI=1S/C13H26N2O/c1-2-13-8-12(5-7-16-13)15-6-3-4-11(9-14)10-15/h11-13H,2-10,14H2,1H3. The van der Waals surface area contributed by atoms with Crippen molar-refractivity contribution in [3.05, 3.63) is 0 Å². The first kappa shape index (κ1) is 12.3. The molecule has 0 aromatic heterocycles. The molecule has 2 rings (SSSR count). The van der Waals surface area contributed by atoms with E-state index in [1.165, 1.54) is 38.8 Å². The summed E-state index contributed by atoms with van der Waals surface area (Å²) in [5.74, 6) is 0.733. The number of nitrogens with two attached hydrogens (primary N) is 1. The molecular formula is C13H26N2O. The summed E-state index contributed by atoms with van der Waals surface area (Å²) in [7, 11) is 0. The molecule has 16 heavy (non-hydrogen) atoms. The minimum absolute atomic E-state index is 0.497. The predicted molar refractivity (Wildman–Crippen MR) is 66.4 cm³/mol. The molecule has 0 bridgehead atoms. The van der Waals surface area contributed by atoms with Crippen molar-refractivity contribution in [3.8, 4) is 0 Å². The summed E-state index contributed by atoms with van der Waals surface area (Å²) in [6, 6.07) is 0.757. The van der Waals surface area contributed by atoms with Crippen LogP contribution in [0.3, 0.4) is 0 Å². The van der Waals surface area contributed by atoms with E-state index in [0.717, 1.165) is 31.5 Å². The van der Waals surface area contributed by atoms with E-state index in [-0.39, 0.29) is 0 Å². The highest BCUT2D eigenvalue weighted by Crippen LogP contribution is 2.25. The SMILES string of the molecule is CCC1CC(N2CCCC(CN)C2)CCO1. The Balaban J connectivity index is 1.85. The van der Waals surface area contributed by atoms with E-state index in [2.05, 4.69) is 11.8 Å². The lowest BCUT2D eigenvalue weighted by Crippen LogP contribution is -2.48. The van der Waals surface area contributed by atoms with Gasteiger partial charge in [0.25, 0.3) is 0 Å². The monoisotopic (exact) mass is 226 g/mol. The zero-order valence-corrected chi connectivity index (χ0v) is 10.5. The summed E-state index contributed by atoms with van der Waals surface area (Å²) in [5, 5.41) is 0. The third-order valence-corrected chi connectivity index (χ3v) is 4.20. The zero-order valence-electron chi connectivity index (χ0n) is 10.5. The number of piperidine rings is 1. The smallest absolute Gasteiger partial charge is 0.0587 e. The molecule has 0 aromatic carbocycles. The highest BCUT2D eigenvalue weighted by molar-refractivity contribution is 4.83. The van der Waals surface area contributed by atoms with Gasteiger partial charge in [0, 0.05) is 19.2 Å². The maximum Gasteiger partial charge on any atom is 0.0587 e. The van der Waals surface area contributed by atoms with Gasteiger partial charge >= 0.3 is 0 Å². The second-order valence-electron chi connectivity index (χ2n) is 5.32. The second-order valence-corrected chi connectivity index (χ2v) is 5.32. The summed E-state index contributed by atoms with van der Waals surface area (Å²) in [6.45, 7) is 6.53. The Morgan fingerprint density at radius 3 is 3.00 bits per heavy atom. The van der Waals surface area contributed by atoms with Crippen molar-refractivity contribution in [1.29, 1.82) is 0 Å². The largest absolute Gasteiger partial charge is 0.378 e. The topological polar surface area (TPSA) is 38.5 Å². The molecule has 0 aromatic rings. The van der Waals surface area contributed by atoms with E-state index < -0.39 is 0 Å². The zero-order chi connectivity index (χ0) is 11.4. The van der Waals surface area contributed by atoms with Crippen LogP contribution in [0.1, 0.15) is 39.0 Å². The van der Waals surface area contributed by atoms with Crippen LogP contribution in [-0.4, -0.2) is 43.3 Å². The van der Waals surface area contributed by atoms with E-state index in [9.17, 15) is 0 Å². The molecule has 2 fully saturated rings. The van der Waals surface area contributed by atoms with Crippen LogP contribution in [-0.2, 0) is 4.74 Å². The van der Waals surface area contributed by atoms with Gasteiger partial charge in [-0.15, -0.1) is 0 Å². The average molecular weight is 226 g/mol. The summed E-state index contributed by atoms with van der Waals surface area (Å²) in [6.07, 6.45) is 6.76. The second kappa shape index (κ2) is 5.99. The fourth-order valence-corrected chi connectivity index (χ4v) is 3.10. The summed E-state index contributed by atoms with van der Waals surface area (Å²) >= 11 is 0. The predicted octanol–water partition coefficient (Wildman–Crippen LogP) is 1.61. The van der Waals surface area contributed by atoms with Crippen molar-refractivity contribution in [3.63, 3.8) is 0 Å². The van der Waals surface area contributed by atoms with Gasteiger partial charge in [0.05, 0.1) is 6.10 Å². The molecule has 3 unspecified atom stereocenters. The molecule has 3 heteroatoms. The van der Waals surface area contributed by atoms with Crippen LogP contribution in [0.5, 0.6) is 0 Å². The number of hydrogen-bond acceptors (Lipinski definition) is 3. The Labute approximate surface area is 99.3 Å². The molecule has 2 N–H and O–H groups in total. The number of hydrogen-bond donors (Lipinski definition) is 1. The van der Waals surface area contributed by atoms with Gasteiger partial charge < -0.3 is 10.5 Å². The van der Waals surface area contributed by atoms with E-state index in [1.807, 2.05) is 0 Å². The number of likely N-dealkylation sites (tertiary alicyclic amines) is 1. The fourth-order valence-electron chi connectivity index (χ4n) is 3.10. The van der Waals surface area contributed by atoms with E-state index in [4.69, 9.17) is 10.5 Å². The molecule has 0 spiro atoms. The van der Waals surface area contributed by atoms with Crippen molar-refractivity contribution < 1.29 is 4.74 Å². The van der Waals surface area contributed by atoms with Gasteiger partial charge in [0.1, 0.15) is 0 Å². The Morgan fingerprint density at radius 1 is 1.38 bits per heavy atom. The van der Waals surface area contributed by atoms with Crippen LogP contribution >= 0.6 is 0 Å². The van der Waals surface area contributed by atoms with Crippen LogP contribution in [0, 0.1) is 5.92 Å². The first-order chi connectivity index (χ1) is 7.83. The lowest BCUT2D eigenvalue weighted by Gasteiger charge is -2.41. The highest BCUT2D eigenvalue weighted by Gasteiger charge is 2.29. The fraction of sp³-hybridized carbons (Fsp3) is 1.00. The molecule has 0 saturated carbocycles. The third-order valence-electron chi connectivity index (χ3n) is 4.20. The van der Waals surface area contributed by atoms with Crippen LogP contribution < -0.4 is 5.73 Å². The maximum absolute atomic E-state index is 5.80. The highest BCUT2D eigenvalue weighted by atomic mass is 16.5. The molecule has 2 aliphatic rings. The van der Waals surface area contributed by atoms with Crippen LogP contribution in [0.2, 0.25) is 0 Å². The van der Waals surface area contributed by atoms with Crippen LogP contribution in [0.25, 0.3) is 0 Å². The molecule has 0 aliphatic carbocycles.